The number of rotatable bonds is 9. The van der Waals surface area contributed by atoms with Crippen LogP contribution in [0.3, 0.4) is 0 Å². The van der Waals surface area contributed by atoms with Crippen molar-refractivity contribution in [1.29, 1.82) is 0 Å². The van der Waals surface area contributed by atoms with E-state index in [1.165, 1.54) is 17.4 Å². The third-order valence-corrected chi connectivity index (χ3v) is 8.12. The van der Waals surface area contributed by atoms with Gasteiger partial charge in [-0.2, -0.15) is 5.10 Å². The van der Waals surface area contributed by atoms with E-state index in [4.69, 9.17) is 44.0 Å². The zero-order valence-corrected chi connectivity index (χ0v) is 25.7. The number of amides is 2. The van der Waals surface area contributed by atoms with Crippen LogP contribution < -0.4 is 10.1 Å². The van der Waals surface area contributed by atoms with Crippen LogP contribution in [0.4, 0.5) is 5.69 Å². The number of ether oxygens (including phenoxy) is 1. The second kappa shape index (κ2) is 14.0. The Morgan fingerprint density at radius 3 is 2.63 bits per heavy atom. The monoisotopic (exact) mass is 652 g/mol. The molecule has 1 aliphatic heterocycles. The zero-order chi connectivity index (χ0) is 30.3. The van der Waals surface area contributed by atoms with Crippen LogP contribution in [-0.2, 0) is 16.1 Å². The van der Waals surface area contributed by atoms with Crippen LogP contribution in [0.15, 0.2) is 98.6 Å². The van der Waals surface area contributed by atoms with Gasteiger partial charge in [0.1, 0.15) is 11.5 Å². The highest BCUT2D eigenvalue weighted by molar-refractivity contribution is 8.18. The summed E-state index contributed by atoms with van der Waals surface area (Å²) >= 11 is 19.8. The summed E-state index contributed by atoms with van der Waals surface area (Å²) in [5.41, 5.74) is 2.84. The highest BCUT2D eigenvalue weighted by Gasteiger charge is 2.34. The molecule has 2 heterocycles. The Morgan fingerprint density at radius 1 is 1.05 bits per heavy atom. The molecule has 218 valence electrons. The molecule has 0 aliphatic carbocycles. The number of amidine groups is 1. The molecule has 1 aromatic heterocycles. The molecule has 2 amide bonds. The average molecular weight is 654 g/mol. The number of anilines is 1. The summed E-state index contributed by atoms with van der Waals surface area (Å²) in [6.07, 6.45) is 4.63. The number of furan rings is 1. The Labute approximate surface area is 267 Å². The van der Waals surface area contributed by atoms with Gasteiger partial charge in [0, 0.05) is 21.8 Å². The summed E-state index contributed by atoms with van der Waals surface area (Å²) < 4.78 is 11.3. The summed E-state index contributed by atoms with van der Waals surface area (Å²) in [7, 11) is 0. The van der Waals surface area contributed by atoms with Crippen LogP contribution in [0.5, 0.6) is 5.75 Å². The van der Waals surface area contributed by atoms with E-state index >= 15 is 0 Å². The molecule has 12 heteroatoms. The summed E-state index contributed by atoms with van der Waals surface area (Å²) in [5.74, 6) is 0.289. The standard InChI is InChI=1S/C31H23Cl3N4O4S/c1-19-7-10-23(11-8-19)36-28(39)18-42-26-12-9-22(32)14-21(26)15-27-30(40)38(17-24-5-3-13-41-24)31(43-27)37-35-16-20-4-2-6-25(33)29(20)34/h2-16H,17-18H2,1H3,(H,36,39)/b27-15-,35-16+,37-31-. The van der Waals surface area contributed by atoms with Crippen molar-refractivity contribution in [3.05, 3.63) is 121 Å². The van der Waals surface area contributed by atoms with Gasteiger partial charge < -0.3 is 14.5 Å². The van der Waals surface area contributed by atoms with Gasteiger partial charge in [-0.25, -0.2) is 0 Å². The number of halogens is 3. The van der Waals surface area contributed by atoms with Gasteiger partial charge in [-0.05, 0) is 73.3 Å². The minimum absolute atomic E-state index is 0.139. The molecule has 8 nitrogen and oxygen atoms in total. The lowest BCUT2D eigenvalue weighted by Crippen LogP contribution is -2.28. The number of nitrogens with zero attached hydrogens (tertiary/aromatic N) is 3. The van der Waals surface area contributed by atoms with E-state index in [2.05, 4.69) is 15.5 Å². The molecular weight excluding hydrogens is 631 g/mol. The topological polar surface area (TPSA) is 96.5 Å². The van der Waals surface area contributed by atoms with Crippen LogP contribution in [0.2, 0.25) is 15.1 Å². The molecule has 0 atom stereocenters. The maximum atomic E-state index is 13.6. The van der Waals surface area contributed by atoms with Crippen LogP contribution >= 0.6 is 46.6 Å². The Hall–Kier alpha value is -4.02. The number of hydrogen-bond donors (Lipinski definition) is 1. The van der Waals surface area contributed by atoms with Gasteiger partial charge in [-0.1, -0.05) is 64.6 Å². The third-order valence-electron chi connectivity index (χ3n) is 6.06. The maximum Gasteiger partial charge on any atom is 0.267 e. The van der Waals surface area contributed by atoms with Gasteiger partial charge in [0.05, 0.1) is 34.0 Å². The second-order valence-corrected chi connectivity index (χ2v) is 11.5. The molecule has 0 unspecified atom stereocenters. The van der Waals surface area contributed by atoms with Gasteiger partial charge in [0.25, 0.3) is 11.8 Å². The van der Waals surface area contributed by atoms with E-state index in [1.807, 2.05) is 31.2 Å². The van der Waals surface area contributed by atoms with Gasteiger partial charge in [0.15, 0.2) is 11.8 Å². The van der Waals surface area contributed by atoms with Crippen molar-refractivity contribution in [2.75, 3.05) is 11.9 Å². The number of carbonyl (C=O) groups excluding carboxylic acids is 2. The lowest BCUT2D eigenvalue weighted by Gasteiger charge is -2.13. The van der Waals surface area contributed by atoms with Crippen molar-refractivity contribution in [2.24, 2.45) is 10.2 Å². The van der Waals surface area contributed by atoms with Crippen molar-refractivity contribution >= 4 is 81.5 Å². The van der Waals surface area contributed by atoms with E-state index < -0.39 is 0 Å². The molecule has 1 fully saturated rings. The lowest BCUT2D eigenvalue weighted by molar-refractivity contribution is -0.122. The fraction of sp³-hybridized carbons (Fsp3) is 0.0968. The van der Waals surface area contributed by atoms with Crippen LogP contribution in [0.1, 0.15) is 22.5 Å². The highest BCUT2D eigenvalue weighted by atomic mass is 35.5. The minimum atomic E-state index is -0.333. The largest absolute Gasteiger partial charge is 0.483 e. The number of aryl methyl sites for hydroxylation is 1. The molecule has 0 radical (unpaired) electrons. The first-order valence-corrected chi connectivity index (χ1v) is 14.8. The Bertz CT molecular complexity index is 1740. The predicted octanol–water partition coefficient (Wildman–Crippen LogP) is 8.07. The van der Waals surface area contributed by atoms with Crippen molar-refractivity contribution in [3.8, 4) is 5.75 Å². The first kappa shape index (κ1) is 30.4. The molecular formula is C31H23Cl3N4O4S. The summed E-state index contributed by atoms with van der Waals surface area (Å²) in [6, 6.07) is 21.0. The first-order valence-electron chi connectivity index (χ1n) is 12.8. The van der Waals surface area contributed by atoms with Gasteiger partial charge in [-0.15, -0.1) is 5.10 Å². The second-order valence-electron chi connectivity index (χ2n) is 9.24. The zero-order valence-electron chi connectivity index (χ0n) is 22.6. The van der Waals surface area contributed by atoms with Crippen molar-refractivity contribution in [2.45, 2.75) is 13.5 Å². The van der Waals surface area contributed by atoms with E-state index in [-0.39, 0.29) is 25.0 Å². The Balaban J connectivity index is 1.38. The summed E-state index contributed by atoms with van der Waals surface area (Å²) in [5, 5.41) is 12.7. The number of carbonyl (C=O) groups is 2. The molecule has 1 aliphatic rings. The van der Waals surface area contributed by atoms with Gasteiger partial charge in [-0.3, -0.25) is 14.5 Å². The molecule has 3 aromatic carbocycles. The van der Waals surface area contributed by atoms with Gasteiger partial charge >= 0.3 is 0 Å². The lowest BCUT2D eigenvalue weighted by atomic mass is 10.2. The number of thioether (sulfide) groups is 1. The fourth-order valence-corrected chi connectivity index (χ4v) is 5.39. The van der Waals surface area contributed by atoms with Crippen LogP contribution in [-0.4, -0.2) is 34.7 Å². The van der Waals surface area contributed by atoms with Gasteiger partial charge in [0.2, 0.25) is 0 Å². The minimum Gasteiger partial charge on any atom is -0.483 e. The molecule has 43 heavy (non-hydrogen) atoms. The molecule has 0 spiro atoms. The van der Waals surface area contributed by atoms with E-state index in [1.54, 1.807) is 54.6 Å². The van der Waals surface area contributed by atoms with Crippen LogP contribution in [0, 0.1) is 6.92 Å². The molecule has 1 saturated heterocycles. The molecule has 4 aromatic rings. The van der Waals surface area contributed by atoms with E-state index in [0.717, 1.165) is 17.3 Å². The molecule has 0 saturated carbocycles. The first-order chi connectivity index (χ1) is 20.8. The highest BCUT2D eigenvalue weighted by Crippen LogP contribution is 2.36. The summed E-state index contributed by atoms with van der Waals surface area (Å²) in [6.45, 7) is 1.86. The maximum absolute atomic E-state index is 13.6. The molecule has 0 bridgehead atoms. The normalized spacial score (nSPS) is 15.2. The third kappa shape index (κ3) is 7.88. The molecule has 1 N–H and O–H groups in total. The average Bonchev–Trinajstić information content (AvgIpc) is 3.60. The van der Waals surface area contributed by atoms with Crippen LogP contribution in [0.25, 0.3) is 6.08 Å². The Kier molecular flexibility index (Phi) is 9.89. The number of nitrogens with one attached hydrogen (secondary N) is 1. The fourth-order valence-electron chi connectivity index (χ4n) is 3.92. The predicted molar refractivity (Wildman–Crippen MR) is 173 cm³/mol. The van der Waals surface area contributed by atoms with E-state index in [9.17, 15) is 9.59 Å². The number of benzene rings is 3. The van der Waals surface area contributed by atoms with Crippen molar-refractivity contribution in [3.63, 3.8) is 0 Å². The Morgan fingerprint density at radius 2 is 1.86 bits per heavy atom. The smallest absolute Gasteiger partial charge is 0.267 e. The number of hydrogen-bond acceptors (Lipinski definition) is 7. The van der Waals surface area contributed by atoms with E-state index in [0.29, 0.717) is 53.5 Å². The SMILES string of the molecule is Cc1ccc(NC(=O)COc2ccc(Cl)cc2/C=C2\S/C(=N\N=C\c3cccc(Cl)c3Cl)N(Cc3ccco3)C2=O)cc1. The van der Waals surface area contributed by atoms with Crippen molar-refractivity contribution in [1.82, 2.24) is 4.90 Å². The summed E-state index contributed by atoms with van der Waals surface area (Å²) in [4.78, 5) is 27.9. The van der Waals surface area contributed by atoms with Crippen molar-refractivity contribution < 1.29 is 18.7 Å². The molecule has 5 rings (SSSR count). The quantitative estimate of drug-likeness (QED) is 0.112.